The van der Waals surface area contributed by atoms with E-state index in [1.807, 2.05) is 19.1 Å². The Labute approximate surface area is 189 Å². The van der Waals surface area contributed by atoms with Gasteiger partial charge in [0.25, 0.3) is 17.1 Å². The molecule has 0 aliphatic carbocycles. The van der Waals surface area contributed by atoms with Crippen LogP contribution in [-0.4, -0.2) is 47.7 Å². The Kier molecular flexibility index (Phi) is 7.32. The van der Waals surface area contributed by atoms with Gasteiger partial charge >= 0.3 is 5.97 Å². The summed E-state index contributed by atoms with van der Waals surface area (Å²) in [6.45, 7) is 3.14. The van der Waals surface area contributed by atoms with E-state index in [9.17, 15) is 19.2 Å². The monoisotopic (exact) mass is 454 g/mol. The summed E-state index contributed by atoms with van der Waals surface area (Å²) in [7, 11) is 1.19. The first-order valence-corrected chi connectivity index (χ1v) is 10.5. The lowest BCUT2D eigenvalue weighted by Gasteiger charge is -2.18. The van der Waals surface area contributed by atoms with Crippen LogP contribution in [-0.2, 0) is 19.1 Å². The minimum absolute atomic E-state index is 0.144. The molecular formula is C23H22N2O6S. The highest BCUT2D eigenvalue weighted by Gasteiger charge is 2.41. The third-order valence-corrected chi connectivity index (χ3v) is 5.54. The summed E-state index contributed by atoms with van der Waals surface area (Å²) in [5.41, 5.74) is 2.26. The summed E-state index contributed by atoms with van der Waals surface area (Å²) in [6, 6.07) is 13.2. The van der Waals surface area contributed by atoms with E-state index in [-0.39, 0.29) is 17.4 Å². The molecule has 3 rings (SSSR count). The summed E-state index contributed by atoms with van der Waals surface area (Å²) in [5.74, 6) is -1.24. The maximum atomic E-state index is 12.7. The summed E-state index contributed by atoms with van der Waals surface area (Å²) < 4.78 is 10.3. The Morgan fingerprint density at radius 1 is 1.12 bits per heavy atom. The molecule has 1 heterocycles. The molecule has 1 saturated heterocycles. The number of rotatable bonds is 7. The first kappa shape index (κ1) is 23.1. The van der Waals surface area contributed by atoms with Crippen molar-refractivity contribution in [2.45, 2.75) is 19.9 Å². The highest BCUT2D eigenvalue weighted by atomic mass is 32.2. The van der Waals surface area contributed by atoms with E-state index < -0.39 is 23.2 Å². The molecule has 9 heteroatoms. The van der Waals surface area contributed by atoms with Gasteiger partial charge in [-0.3, -0.25) is 19.3 Å². The minimum Gasteiger partial charge on any atom is -0.483 e. The summed E-state index contributed by atoms with van der Waals surface area (Å²) in [4.78, 5) is 50.0. The zero-order chi connectivity index (χ0) is 23.3. The van der Waals surface area contributed by atoms with Crippen molar-refractivity contribution < 1.29 is 28.7 Å². The standard InChI is InChI=1S/C23H22N2O6S/c1-14-8-10-17(11-9-14)24-20(26)13-31-18-7-5-4-6-16(18)12-19-21(27)25(23(29)32-19)15(2)22(28)30-3/h4-12,15H,13H2,1-3H3,(H,24,26)/b19-12+/t15-/m1/s1. The molecule has 8 nitrogen and oxygen atoms in total. The molecule has 0 radical (unpaired) electrons. The molecule has 0 aromatic heterocycles. The average molecular weight is 455 g/mol. The van der Waals surface area contributed by atoms with Crippen LogP contribution in [0.3, 0.4) is 0 Å². The number of aryl methyl sites for hydroxylation is 1. The Hall–Kier alpha value is -3.59. The molecule has 0 unspecified atom stereocenters. The van der Waals surface area contributed by atoms with E-state index >= 15 is 0 Å². The van der Waals surface area contributed by atoms with Crippen molar-refractivity contribution in [3.63, 3.8) is 0 Å². The molecule has 1 atom stereocenters. The summed E-state index contributed by atoms with van der Waals surface area (Å²) in [6.07, 6.45) is 1.50. The van der Waals surface area contributed by atoms with Gasteiger partial charge in [-0.2, -0.15) is 0 Å². The molecule has 2 aromatic carbocycles. The van der Waals surface area contributed by atoms with Gasteiger partial charge in [-0.15, -0.1) is 0 Å². The number of amides is 3. The number of hydrogen-bond acceptors (Lipinski definition) is 7. The molecule has 32 heavy (non-hydrogen) atoms. The van der Waals surface area contributed by atoms with Gasteiger partial charge in [-0.1, -0.05) is 35.9 Å². The van der Waals surface area contributed by atoms with Crippen molar-refractivity contribution in [3.05, 3.63) is 64.6 Å². The number of para-hydroxylation sites is 1. The zero-order valence-corrected chi connectivity index (χ0v) is 18.6. The quantitative estimate of drug-likeness (QED) is 0.504. The van der Waals surface area contributed by atoms with Crippen LogP contribution in [0.5, 0.6) is 5.75 Å². The lowest BCUT2D eigenvalue weighted by atomic mass is 10.1. The Morgan fingerprint density at radius 2 is 1.81 bits per heavy atom. The van der Waals surface area contributed by atoms with Crippen LogP contribution < -0.4 is 10.1 Å². The highest BCUT2D eigenvalue weighted by Crippen LogP contribution is 2.35. The highest BCUT2D eigenvalue weighted by molar-refractivity contribution is 8.18. The number of ether oxygens (including phenoxy) is 2. The molecule has 2 aromatic rings. The van der Waals surface area contributed by atoms with Crippen LogP contribution in [0.4, 0.5) is 10.5 Å². The van der Waals surface area contributed by atoms with Crippen LogP contribution in [0.1, 0.15) is 18.1 Å². The van der Waals surface area contributed by atoms with E-state index in [4.69, 9.17) is 4.74 Å². The van der Waals surface area contributed by atoms with Crippen molar-refractivity contribution in [2.24, 2.45) is 0 Å². The van der Waals surface area contributed by atoms with Crippen LogP contribution in [0.25, 0.3) is 6.08 Å². The second kappa shape index (κ2) is 10.1. The number of anilines is 1. The smallest absolute Gasteiger partial charge is 0.328 e. The van der Waals surface area contributed by atoms with Crippen LogP contribution in [0, 0.1) is 6.92 Å². The lowest BCUT2D eigenvalue weighted by molar-refractivity contribution is -0.148. The number of imide groups is 1. The number of nitrogens with one attached hydrogen (secondary N) is 1. The normalized spacial score (nSPS) is 15.6. The van der Waals surface area contributed by atoms with E-state index in [0.29, 0.717) is 17.0 Å². The van der Waals surface area contributed by atoms with Crippen molar-refractivity contribution >= 4 is 46.5 Å². The SMILES string of the molecule is COC(=O)[C@@H](C)N1C(=O)S/C(=C/c2ccccc2OCC(=O)Nc2ccc(C)cc2)C1=O. The van der Waals surface area contributed by atoms with Gasteiger partial charge in [0.05, 0.1) is 12.0 Å². The predicted molar refractivity (Wildman–Crippen MR) is 121 cm³/mol. The maximum Gasteiger partial charge on any atom is 0.328 e. The minimum atomic E-state index is -1.03. The Morgan fingerprint density at radius 3 is 2.50 bits per heavy atom. The number of carbonyl (C=O) groups excluding carboxylic acids is 4. The third-order valence-electron chi connectivity index (χ3n) is 4.65. The number of nitrogens with zero attached hydrogens (tertiary/aromatic N) is 1. The maximum absolute atomic E-state index is 12.7. The molecule has 0 bridgehead atoms. The lowest BCUT2D eigenvalue weighted by Crippen LogP contribution is -2.42. The van der Waals surface area contributed by atoms with Crippen molar-refractivity contribution in [2.75, 3.05) is 19.0 Å². The largest absolute Gasteiger partial charge is 0.483 e. The average Bonchev–Trinajstić information content (AvgIpc) is 3.06. The molecule has 1 fully saturated rings. The Bertz CT molecular complexity index is 1080. The fraction of sp³-hybridized carbons (Fsp3) is 0.217. The molecule has 0 spiro atoms. The van der Waals surface area contributed by atoms with Gasteiger partial charge in [0.1, 0.15) is 11.8 Å². The van der Waals surface area contributed by atoms with Crippen molar-refractivity contribution in [1.82, 2.24) is 4.90 Å². The number of esters is 1. The first-order valence-electron chi connectivity index (χ1n) is 9.73. The summed E-state index contributed by atoms with van der Waals surface area (Å²) >= 11 is 0.725. The fourth-order valence-corrected chi connectivity index (χ4v) is 3.84. The molecule has 3 amide bonds. The topological polar surface area (TPSA) is 102 Å². The van der Waals surface area contributed by atoms with E-state index in [0.717, 1.165) is 22.2 Å². The van der Waals surface area contributed by atoms with E-state index in [2.05, 4.69) is 10.1 Å². The molecule has 0 saturated carbocycles. The molecule has 1 N–H and O–H groups in total. The van der Waals surface area contributed by atoms with Gasteiger partial charge in [0.2, 0.25) is 0 Å². The van der Waals surface area contributed by atoms with Crippen LogP contribution in [0.2, 0.25) is 0 Å². The van der Waals surface area contributed by atoms with Crippen LogP contribution in [0.15, 0.2) is 53.4 Å². The van der Waals surface area contributed by atoms with Gasteiger partial charge in [-0.05, 0) is 49.9 Å². The van der Waals surface area contributed by atoms with Gasteiger partial charge in [-0.25, -0.2) is 4.79 Å². The van der Waals surface area contributed by atoms with Gasteiger partial charge < -0.3 is 14.8 Å². The Balaban J connectivity index is 1.71. The number of benzene rings is 2. The van der Waals surface area contributed by atoms with Crippen molar-refractivity contribution in [1.29, 1.82) is 0 Å². The second-order valence-corrected chi connectivity index (χ2v) is 7.98. The van der Waals surface area contributed by atoms with E-state index in [1.54, 1.807) is 36.4 Å². The molecular weight excluding hydrogens is 432 g/mol. The number of hydrogen-bond donors (Lipinski definition) is 1. The third kappa shape index (κ3) is 5.36. The van der Waals surface area contributed by atoms with E-state index in [1.165, 1.54) is 20.1 Å². The number of methoxy groups -OCH3 is 1. The van der Waals surface area contributed by atoms with Crippen molar-refractivity contribution in [3.8, 4) is 5.75 Å². The van der Waals surface area contributed by atoms with Gasteiger partial charge in [0.15, 0.2) is 6.61 Å². The van der Waals surface area contributed by atoms with Crippen LogP contribution >= 0.6 is 11.8 Å². The second-order valence-electron chi connectivity index (χ2n) is 6.99. The number of thioether (sulfide) groups is 1. The molecule has 1 aliphatic rings. The summed E-state index contributed by atoms with van der Waals surface area (Å²) in [5, 5.41) is 2.19. The number of carbonyl (C=O) groups is 4. The predicted octanol–water partition coefficient (Wildman–Crippen LogP) is 3.61. The molecule has 166 valence electrons. The zero-order valence-electron chi connectivity index (χ0n) is 17.8. The van der Waals surface area contributed by atoms with Gasteiger partial charge in [0, 0.05) is 11.3 Å². The molecule has 1 aliphatic heterocycles. The fourth-order valence-electron chi connectivity index (χ4n) is 2.94. The first-order chi connectivity index (χ1) is 15.3.